The van der Waals surface area contributed by atoms with Gasteiger partial charge in [0.25, 0.3) is 0 Å². The minimum Gasteiger partial charge on any atom is -0.375 e. The first-order valence-electron chi connectivity index (χ1n) is 10.9. The number of ether oxygens (including phenoxy) is 1. The lowest BCUT2D eigenvalue weighted by molar-refractivity contribution is -0.135. The molecule has 3 heterocycles. The number of anilines is 1. The smallest absolute Gasteiger partial charge is 0.248 e. The Kier molecular flexibility index (Phi) is 6.35. The van der Waals surface area contributed by atoms with Crippen LogP contribution in [0.15, 0.2) is 0 Å². The van der Waals surface area contributed by atoms with Crippen LogP contribution >= 0.6 is 11.3 Å². The quantitative estimate of drug-likeness (QED) is 0.699. The highest BCUT2D eigenvalue weighted by atomic mass is 32.1. The largest absolute Gasteiger partial charge is 0.375 e. The van der Waals surface area contributed by atoms with E-state index in [1.807, 2.05) is 16.2 Å². The van der Waals surface area contributed by atoms with Crippen molar-refractivity contribution in [2.24, 2.45) is 5.92 Å². The summed E-state index contributed by atoms with van der Waals surface area (Å²) in [5, 5.41) is 1.29. The van der Waals surface area contributed by atoms with E-state index in [-0.39, 0.29) is 12.5 Å². The van der Waals surface area contributed by atoms with E-state index in [9.17, 15) is 4.79 Å². The molecule has 1 aliphatic carbocycles. The normalized spacial score (nSPS) is 17.7. The molecule has 0 aromatic carbocycles. The number of nitrogens with zero attached hydrogens (tertiary/aromatic N) is 4. The van der Waals surface area contributed by atoms with Gasteiger partial charge in [0.2, 0.25) is 5.91 Å². The van der Waals surface area contributed by atoms with E-state index in [1.165, 1.54) is 41.5 Å². The molecule has 0 saturated carbocycles. The Bertz CT molecular complexity index is 871. The van der Waals surface area contributed by atoms with Crippen molar-refractivity contribution >= 4 is 33.3 Å². The highest BCUT2D eigenvalue weighted by Gasteiger charge is 2.27. The molecule has 1 fully saturated rings. The summed E-state index contributed by atoms with van der Waals surface area (Å²) < 4.78 is 5.02. The van der Waals surface area contributed by atoms with Gasteiger partial charge in [0.15, 0.2) is 0 Å². The van der Waals surface area contributed by atoms with E-state index in [4.69, 9.17) is 14.7 Å². The number of rotatable bonds is 5. The molecule has 2 aliphatic rings. The van der Waals surface area contributed by atoms with Crippen molar-refractivity contribution in [3.05, 3.63) is 16.3 Å². The van der Waals surface area contributed by atoms with Crippen molar-refractivity contribution in [1.29, 1.82) is 0 Å². The fourth-order valence-electron chi connectivity index (χ4n) is 4.43. The van der Waals surface area contributed by atoms with Crippen molar-refractivity contribution in [3.63, 3.8) is 0 Å². The second-order valence-corrected chi connectivity index (χ2v) is 9.69. The van der Waals surface area contributed by atoms with Crippen LogP contribution in [0.5, 0.6) is 0 Å². The van der Waals surface area contributed by atoms with Crippen molar-refractivity contribution < 1.29 is 9.53 Å². The molecule has 2 aromatic heterocycles. The number of aromatic nitrogens is 2. The maximum Gasteiger partial charge on any atom is 0.248 e. The molecule has 0 spiro atoms. The van der Waals surface area contributed by atoms with Gasteiger partial charge in [0.05, 0.1) is 5.39 Å². The number of carbonyl (C=O) groups is 1. The summed E-state index contributed by atoms with van der Waals surface area (Å²) in [6.07, 6.45) is 7.06. The zero-order valence-electron chi connectivity index (χ0n) is 17.9. The summed E-state index contributed by atoms with van der Waals surface area (Å²) in [4.78, 5) is 29.2. The minimum absolute atomic E-state index is 0.0740. The number of amides is 1. The zero-order valence-corrected chi connectivity index (χ0v) is 18.7. The first-order chi connectivity index (χ1) is 14.1. The van der Waals surface area contributed by atoms with Crippen molar-refractivity contribution in [3.8, 4) is 0 Å². The lowest BCUT2D eigenvalue weighted by Crippen LogP contribution is -2.50. The Morgan fingerprint density at radius 3 is 2.59 bits per heavy atom. The van der Waals surface area contributed by atoms with E-state index < -0.39 is 0 Å². The second kappa shape index (κ2) is 8.96. The van der Waals surface area contributed by atoms with Gasteiger partial charge >= 0.3 is 0 Å². The fraction of sp³-hybridized carbons (Fsp3) is 0.682. The van der Waals surface area contributed by atoms with E-state index in [1.54, 1.807) is 7.11 Å². The van der Waals surface area contributed by atoms with Crippen LogP contribution in [0, 0.1) is 5.92 Å². The maximum atomic E-state index is 12.2. The third-order valence-corrected chi connectivity index (χ3v) is 7.07. The van der Waals surface area contributed by atoms with Gasteiger partial charge in [0, 0.05) is 44.6 Å². The summed E-state index contributed by atoms with van der Waals surface area (Å²) in [6, 6.07) is 0. The van der Waals surface area contributed by atoms with Crippen molar-refractivity contribution in [2.75, 3.05) is 44.8 Å². The van der Waals surface area contributed by atoms with E-state index in [0.717, 1.165) is 55.5 Å². The Morgan fingerprint density at radius 1 is 1.10 bits per heavy atom. The van der Waals surface area contributed by atoms with Crippen LogP contribution in [0.25, 0.3) is 10.2 Å². The van der Waals surface area contributed by atoms with Crippen LogP contribution in [0.3, 0.4) is 0 Å². The lowest BCUT2D eigenvalue weighted by Gasteiger charge is -2.36. The molecule has 0 unspecified atom stereocenters. The lowest BCUT2D eigenvalue weighted by atomic mass is 10.1. The Labute approximate surface area is 177 Å². The van der Waals surface area contributed by atoms with Gasteiger partial charge in [-0.3, -0.25) is 4.79 Å². The molecule has 4 rings (SSSR count). The molecule has 1 saturated heterocycles. The first kappa shape index (κ1) is 20.5. The third kappa shape index (κ3) is 4.40. The molecule has 1 amide bonds. The molecule has 0 radical (unpaired) electrons. The number of aryl methyl sites for hydroxylation is 2. The molecule has 1 aliphatic heterocycles. The van der Waals surface area contributed by atoms with Gasteiger partial charge in [-0.2, -0.15) is 0 Å². The molecule has 7 heteroatoms. The van der Waals surface area contributed by atoms with Crippen LogP contribution in [0.4, 0.5) is 5.82 Å². The molecule has 0 N–H and O–H groups in total. The van der Waals surface area contributed by atoms with Crippen LogP contribution in [0.1, 0.15) is 49.4 Å². The number of methoxy groups -OCH3 is 1. The molecular formula is C22H32N4O2S. The van der Waals surface area contributed by atoms with Gasteiger partial charge < -0.3 is 14.5 Å². The predicted molar refractivity (Wildman–Crippen MR) is 118 cm³/mol. The maximum absolute atomic E-state index is 12.2. The topological polar surface area (TPSA) is 58.6 Å². The number of hydrogen-bond donors (Lipinski definition) is 0. The van der Waals surface area contributed by atoms with Gasteiger partial charge in [0.1, 0.15) is 23.1 Å². The Balaban J connectivity index is 1.68. The third-order valence-electron chi connectivity index (χ3n) is 5.88. The Morgan fingerprint density at radius 2 is 1.86 bits per heavy atom. The summed E-state index contributed by atoms with van der Waals surface area (Å²) >= 11 is 1.89. The molecule has 2 aromatic rings. The second-order valence-electron chi connectivity index (χ2n) is 8.61. The zero-order chi connectivity index (χ0) is 20.4. The molecule has 158 valence electrons. The van der Waals surface area contributed by atoms with E-state index >= 15 is 0 Å². The average molecular weight is 417 g/mol. The van der Waals surface area contributed by atoms with Gasteiger partial charge in [-0.15, -0.1) is 11.3 Å². The Hall–Kier alpha value is -1.73. The summed E-state index contributed by atoms with van der Waals surface area (Å²) in [5.74, 6) is 2.66. The average Bonchev–Trinajstić information content (AvgIpc) is 2.88. The highest BCUT2D eigenvalue weighted by Crippen LogP contribution is 2.39. The monoisotopic (exact) mass is 416 g/mol. The number of fused-ring (bicyclic) bond motifs is 3. The SMILES string of the molecule is COCC(=O)N1CCN(c2nc(CC(C)C)nc3sc4c(c23)CCCCC4)CC1. The van der Waals surface area contributed by atoms with Crippen molar-refractivity contribution in [1.82, 2.24) is 14.9 Å². The van der Waals surface area contributed by atoms with Crippen LogP contribution in [-0.4, -0.2) is 60.7 Å². The van der Waals surface area contributed by atoms with Gasteiger partial charge in [-0.25, -0.2) is 9.97 Å². The summed E-state index contributed by atoms with van der Waals surface area (Å²) in [6.45, 7) is 7.67. The van der Waals surface area contributed by atoms with E-state index in [0.29, 0.717) is 5.92 Å². The summed E-state index contributed by atoms with van der Waals surface area (Å²) in [5.41, 5.74) is 1.49. The van der Waals surface area contributed by atoms with Gasteiger partial charge in [-0.05, 0) is 37.2 Å². The standard InChI is InChI=1S/C22H32N4O2S/c1-15(2)13-18-23-21(26-11-9-25(10-12-26)19(27)14-28-3)20-16-7-5-4-6-8-17(16)29-22(20)24-18/h15H,4-14H2,1-3H3. The number of carbonyl (C=O) groups excluding carboxylic acids is 1. The first-order valence-corrected chi connectivity index (χ1v) is 11.7. The molecule has 29 heavy (non-hydrogen) atoms. The van der Waals surface area contributed by atoms with Crippen LogP contribution < -0.4 is 4.90 Å². The number of hydrogen-bond acceptors (Lipinski definition) is 6. The molecule has 6 nitrogen and oxygen atoms in total. The summed E-state index contributed by atoms with van der Waals surface area (Å²) in [7, 11) is 1.57. The number of thiophene rings is 1. The van der Waals surface area contributed by atoms with Crippen LogP contribution in [-0.2, 0) is 28.8 Å². The predicted octanol–water partition coefficient (Wildman–Crippen LogP) is 3.45. The van der Waals surface area contributed by atoms with Crippen LogP contribution in [0.2, 0.25) is 0 Å². The van der Waals surface area contributed by atoms with Gasteiger partial charge in [-0.1, -0.05) is 20.3 Å². The number of piperazine rings is 1. The van der Waals surface area contributed by atoms with Crippen molar-refractivity contribution in [2.45, 2.75) is 52.4 Å². The molecule has 0 atom stereocenters. The highest BCUT2D eigenvalue weighted by molar-refractivity contribution is 7.19. The minimum atomic E-state index is 0.0740. The molecular weight excluding hydrogens is 384 g/mol. The fourth-order valence-corrected chi connectivity index (χ4v) is 5.70. The van der Waals surface area contributed by atoms with E-state index in [2.05, 4.69) is 18.7 Å². The molecule has 0 bridgehead atoms.